The molecule has 1 saturated heterocycles. The second kappa shape index (κ2) is 9.15. The lowest BCUT2D eigenvalue weighted by Gasteiger charge is -2.15. The summed E-state index contributed by atoms with van der Waals surface area (Å²) in [6.07, 6.45) is 2.01. The van der Waals surface area contributed by atoms with Crippen molar-refractivity contribution in [3.05, 3.63) is 54.2 Å². The largest absolute Gasteiger partial charge is 0.367 e. The fourth-order valence-corrected chi connectivity index (χ4v) is 5.33. The third kappa shape index (κ3) is 4.40. The molecule has 1 aromatic carbocycles. The SMILES string of the molecule is CO[C@@H](C(=O)Nc1nnc(N2CC[C@H](Nc3nc4ncccc4s3)C2)s1)c1ccccc1. The Kier molecular flexibility index (Phi) is 5.93. The average Bonchev–Trinajstić information content (AvgIpc) is 3.54. The standard InChI is InChI=1S/C21H21N7O2S2/c1-30-16(13-6-3-2-4-7-13)18(29)25-20-26-27-21(32-20)28-11-9-14(12-28)23-19-24-17-15(31-19)8-5-10-22-17/h2-8,10,14,16H,9,11-12H2,1H3,(H,22,23,24)(H,25,26,29)/t14-,16+/m0/s1. The molecule has 0 radical (unpaired) electrons. The summed E-state index contributed by atoms with van der Waals surface area (Å²) in [5.41, 5.74) is 1.56. The lowest BCUT2D eigenvalue weighted by molar-refractivity contribution is -0.126. The third-order valence-corrected chi connectivity index (χ3v) is 7.01. The molecule has 0 aliphatic carbocycles. The van der Waals surface area contributed by atoms with Crippen LogP contribution in [0.4, 0.5) is 15.4 Å². The summed E-state index contributed by atoms with van der Waals surface area (Å²) in [6.45, 7) is 1.64. The van der Waals surface area contributed by atoms with Gasteiger partial charge in [0.2, 0.25) is 10.3 Å². The maximum Gasteiger partial charge on any atom is 0.259 e. The lowest BCUT2D eigenvalue weighted by Crippen LogP contribution is -2.25. The van der Waals surface area contributed by atoms with Crippen molar-refractivity contribution in [3.63, 3.8) is 0 Å². The van der Waals surface area contributed by atoms with E-state index in [4.69, 9.17) is 4.74 Å². The molecule has 3 aromatic heterocycles. The number of hydrogen-bond acceptors (Lipinski definition) is 10. The summed E-state index contributed by atoms with van der Waals surface area (Å²) in [7, 11) is 1.52. The van der Waals surface area contributed by atoms with Gasteiger partial charge in [-0.2, -0.15) is 0 Å². The summed E-state index contributed by atoms with van der Waals surface area (Å²) in [4.78, 5) is 23.7. The summed E-state index contributed by atoms with van der Waals surface area (Å²) in [5.74, 6) is -0.271. The molecule has 0 saturated carbocycles. The molecule has 32 heavy (non-hydrogen) atoms. The maximum atomic E-state index is 12.7. The number of thiazole rings is 1. The van der Waals surface area contributed by atoms with Crippen molar-refractivity contribution in [1.82, 2.24) is 20.2 Å². The Labute approximate surface area is 192 Å². The van der Waals surface area contributed by atoms with Crippen molar-refractivity contribution >= 4 is 54.3 Å². The Morgan fingerprint density at radius 1 is 1.16 bits per heavy atom. The van der Waals surface area contributed by atoms with Gasteiger partial charge in [0.25, 0.3) is 5.91 Å². The van der Waals surface area contributed by atoms with Gasteiger partial charge in [0.05, 0.1) is 4.70 Å². The molecule has 1 aliphatic heterocycles. The van der Waals surface area contributed by atoms with Crippen LogP contribution in [0.5, 0.6) is 0 Å². The first-order valence-electron chi connectivity index (χ1n) is 10.1. The summed E-state index contributed by atoms with van der Waals surface area (Å²) < 4.78 is 6.45. The minimum Gasteiger partial charge on any atom is -0.367 e. The first kappa shape index (κ1) is 20.7. The molecule has 4 aromatic rings. The summed E-state index contributed by atoms with van der Waals surface area (Å²) in [6, 6.07) is 13.6. The van der Waals surface area contributed by atoms with E-state index in [-0.39, 0.29) is 11.9 Å². The molecule has 9 nitrogen and oxygen atoms in total. The Bertz CT molecular complexity index is 1180. The molecule has 2 N–H and O–H groups in total. The van der Waals surface area contributed by atoms with Gasteiger partial charge in [-0.15, -0.1) is 10.2 Å². The molecule has 0 unspecified atom stereocenters. The minimum absolute atomic E-state index is 0.258. The molecule has 1 aliphatic rings. The van der Waals surface area contributed by atoms with Crippen molar-refractivity contribution in [2.45, 2.75) is 18.6 Å². The van der Waals surface area contributed by atoms with Gasteiger partial charge < -0.3 is 15.0 Å². The van der Waals surface area contributed by atoms with Gasteiger partial charge in [-0.3, -0.25) is 10.1 Å². The number of nitrogens with one attached hydrogen (secondary N) is 2. The Morgan fingerprint density at radius 3 is 2.84 bits per heavy atom. The fourth-order valence-electron chi connectivity index (χ4n) is 3.64. The topological polar surface area (TPSA) is 105 Å². The van der Waals surface area contributed by atoms with E-state index in [1.54, 1.807) is 17.5 Å². The average molecular weight is 468 g/mol. The van der Waals surface area contributed by atoms with Crippen LogP contribution in [0.3, 0.4) is 0 Å². The van der Waals surface area contributed by atoms with Crippen LogP contribution < -0.4 is 15.5 Å². The smallest absolute Gasteiger partial charge is 0.259 e. The predicted octanol–water partition coefficient (Wildman–Crippen LogP) is 3.56. The van der Waals surface area contributed by atoms with E-state index < -0.39 is 6.10 Å². The van der Waals surface area contributed by atoms with Gasteiger partial charge >= 0.3 is 0 Å². The predicted molar refractivity (Wildman–Crippen MR) is 126 cm³/mol. The van der Waals surface area contributed by atoms with E-state index in [1.807, 2.05) is 42.5 Å². The van der Waals surface area contributed by atoms with Crippen LogP contribution in [0.2, 0.25) is 0 Å². The highest BCUT2D eigenvalue weighted by atomic mass is 32.1. The van der Waals surface area contributed by atoms with Crippen molar-refractivity contribution < 1.29 is 9.53 Å². The van der Waals surface area contributed by atoms with Crippen LogP contribution >= 0.6 is 22.7 Å². The van der Waals surface area contributed by atoms with Gasteiger partial charge in [-0.05, 0) is 24.1 Å². The Balaban J connectivity index is 1.20. The van der Waals surface area contributed by atoms with Crippen LogP contribution in [0.25, 0.3) is 10.3 Å². The number of fused-ring (bicyclic) bond motifs is 1. The molecule has 0 spiro atoms. The number of aromatic nitrogens is 4. The first-order valence-corrected chi connectivity index (χ1v) is 11.8. The third-order valence-electron chi connectivity index (χ3n) is 5.17. The van der Waals surface area contributed by atoms with E-state index in [0.29, 0.717) is 5.13 Å². The van der Waals surface area contributed by atoms with Crippen molar-refractivity contribution in [2.24, 2.45) is 0 Å². The van der Waals surface area contributed by atoms with Crippen molar-refractivity contribution in [3.8, 4) is 0 Å². The van der Waals surface area contributed by atoms with E-state index in [2.05, 4.69) is 35.7 Å². The van der Waals surface area contributed by atoms with Crippen LogP contribution in [0.1, 0.15) is 18.1 Å². The van der Waals surface area contributed by atoms with Crippen LogP contribution in [-0.2, 0) is 9.53 Å². The molecule has 164 valence electrons. The fraction of sp³-hybridized carbons (Fsp3) is 0.286. The van der Waals surface area contributed by atoms with Gasteiger partial charge in [0, 0.05) is 32.4 Å². The maximum absolute atomic E-state index is 12.7. The van der Waals surface area contributed by atoms with Gasteiger partial charge in [0.1, 0.15) is 0 Å². The summed E-state index contributed by atoms with van der Waals surface area (Å²) in [5, 5.41) is 16.9. The number of ether oxygens (including phenoxy) is 1. The second-order valence-corrected chi connectivity index (χ2v) is 9.31. The zero-order valence-corrected chi connectivity index (χ0v) is 18.9. The van der Waals surface area contributed by atoms with Gasteiger partial charge in [0.15, 0.2) is 16.9 Å². The summed E-state index contributed by atoms with van der Waals surface area (Å²) >= 11 is 2.97. The number of nitrogens with zero attached hydrogens (tertiary/aromatic N) is 5. The Morgan fingerprint density at radius 2 is 2.03 bits per heavy atom. The monoisotopic (exact) mass is 467 g/mol. The molecular weight excluding hydrogens is 446 g/mol. The molecule has 1 amide bonds. The first-order chi connectivity index (χ1) is 15.7. The van der Waals surface area contributed by atoms with Gasteiger partial charge in [-0.25, -0.2) is 9.97 Å². The molecule has 0 bridgehead atoms. The zero-order chi connectivity index (χ0) is 21.9. The zero-order valence-electron chi connectivity index (χ0n) is 17.3. The number of benzene rings is 1. The number of hydrogen-bond donors (Lipinski definition) is 2. The quantitative estimate of drug-likeness (QED) is 0.425. The van der Waals surface area contributed by atoms with E-state index in [1.165, 1.54) is 18.4 Å². The normalized spacial score (nSPS) is 16.9. The molecule has 2 atom stereocenters. The van der Waals surface area contributed by atoms with E-state index in [0.717, 1.165) is 45.7 Å². The highest BCUT2D eigenvalue weighted by molar-refractivity contribution is 7.22. The minimum atomic E-state index is -0.702. The van der Waals surface area contributed by atoms with Crippen LogP contribution in [0.15, 0.2) is 48.7 Å². The van der Waals surface area contributed by atoms with Crippen molar-refractivity contribution in [2.75, 3.05) is 35.7 Å². The van der Waals surface area contributed by atoms with Crippen molar-refractivity contribution in [1.29, 1.82) is 0 Å². The highest BCUT2D eigenvalue weighted by Gasteiger charge is 2.27. The molecule has 1 fully saturated rings. The number of methoxy groups -OCH3 is 1. The van der Waals surface area contributed by atoms with E-state index in [9.17, 15) is 4.79 Å². The Hall–Kier alpha value is -3.15. The number of anilines is 3. The lowest BCUT2D eigenvalue weighted by atomic mass is 10.1. The molecule has 4 heterocycles. The number of rotatable bonds is 7. The molecule has 11 heteroatoms. The molecular formula is C21H21N7O2S2. The molecule has 5 rings (SSSR count). The second-order valence-electron chi connectivity index (χ2n) is 7.33. The van der Waals surface area contributed by atoms with Crippen LogP contribution in [0, 0.1) is 0 Å². The number of pyridine rings is 1. The highest BCUT2D eigenvalue weighted by Crippen LogP contribution is 2.30. The number of carbonyl (C=O) groups is 1. The number of amides is 1. The van der Waals surface area contributed by atoms with E-state index >= 15 is 0 Å². The number of carbonyl (C=O) groups excluding carboxylic acids is 1. The van der Waals surface area contributed by atoms with Gasteiger partial charge in [-0.1, -0.05) is 53.0 Å². The van der Waals surface area contributed by atoms with Crippen LogP contribution in [-0.4, -0.2) is 52.3 Å².